The van der Waals surface area contributed by atoms with Gasteiger partial charge in [0, 0.05) is 25.2 Å². The van der Waals surface area contributed by atoms with Crippen LogP contribution in [0.25, 0.3) is 0 Å². The van der Waals surface area contributed by atoms with Crippen LogP contribution >= 0.6 is 0 Å². The highest BCUT2D eigenvalue weighted by Gasteiger charge is 2.31. The molecule has 1 saturated heterocycles. The highest BCUT2D eigenvalue weighted by Crippen LogP contribution is 2.33. The van der Waals surface area contributed by atoms with Crippen LogP contribution in [-0.4, -0.2) is 30.1 Å². The zero-order valence-electron chi connectivity index (χ0n) is 9.58. The Labute approximate surface area is 87.8 Å². The van der Waals surface area contributed by atoms with Crippen LogP contribution in [0.5, 0.6) is 0 Å². The zero-order chi connectivity index (χ0) is 10.1. The van der Waals surface area contributed by atoms with Gasteiger partial charge in [0.05, 0.1) is 0 Å². The molecule has 2 nitrogen and oxygen atoms in total. The summed E-state index contributed by atoms with van der Waals surface area (Å²) < 4.78 is 0. The molecule has 0 bridgehead atoms. The number of hydrogen-bond donors (Lipinski definition) is 1. The normalized spacial score (nSPS) is 45.6. The SMILES string of the molecule is CC1CCC(N2CC[C@H](N)C2)CC1C. The van der Waals surface area contributed by atoms with Crippen molar-refractivity contribution in [3.8, 4) is 0 Å². The van der Waals surface area contributed by atoms with Crippen molar-refractivity contribution >= 4 is 0 Å². The zero-order valence-corrected chi connectivity index (χ0v) is 9.58. The summed E-state index contributed by atoms with van der Waals surface area (Å²) in [4.78, 5) is 2.63. The highest BCUT2D eigenvalue weighted by molar-refractivity contribution is 4.87. The molecule has 0 amide bonds. The van der Waals surface area contributed by atoms with Crippen LogP contribution < -0.4 is 5.73 Å². The first-order valence-corrected chi connectivity index (χ1v) is 6.16. The smallest absolute Gasteiger partial charge is 0.0180 e. The minimum Gasteiger partial charge on any atom is -0.326 e. The summed E-state index contributed by atoms with van der Waals surface area (Å²) >= 11 is 0. The van der Waals surface area contributed by atoms with E-state index in [1.54, 1.807) is 0 Å². The molecule has 0 aromatic carbocycles. The van der Waals surface area contributed by atoms with Crippen LogP contribution in [0.3, 0.4) is 0 Å². The topological polar surface area (TPSA) is 29.3 Å². The minimum absolute atomic E-state index is 0.449. The maximum atomic E-state index is 5.95. The third-order valence-electron chi connectivity index (χ3n) is 4.34. The van der Waals surface area contributed by atoms with E-state index in [1.807, 2.05) is 0 Å². The molecular formula is C12H24N2. The maximum absolute atomic E-state index is 5.95. The van der Waals surface area contributed by atoms with Crippen molar-refractivity contribution in [3.05, 3.63) is 0 Å². The number of nitrogens with zero attached hydrogens (tertiary/aromatic N) is 1. The van der Waals surface area contributed by atoms with Gasteiger partial charge >= 0.3 is 0 Å². The summed E-state index contributed by atoms with van der Waals surface area (Å²) in [5, 5.41) is 0. The van der Waals surface area contributed by atoms with Gasteiger partial charge in [-0.3, -0.25) is 4.90 Å². The van der Waals surface area contributed by atoms with Gasteiger partial charge in [0.2, 0.25) is 0 Å². The Hall–Kier alpha value is -0.0800. The summed E-state index contributed by atoms with van der Waals surface area (Å²) in [6, 6.07) is 1.29. The van der Waals surface area contributed by atoms with Gasteiger partial charge in [-0.25, -0.2) is 0 Å². The minimum atomic E-state index is 0.449. The third kappa shape index (κ3) is 2.12. The lowest BCUT2D eigenvalue weighted by molar-refractivity contribution is 0.129. The lowest BCUT2D eigenvalue weighted by atomic mass is 9.78. The van der Waals surface area contributed by atoms with Crippen molar-refractivity contribution in [2.45, 2.75) is 51.6 Å². The molecule has 0 aromatic heterocycles. The third-order valence-corrected chi connectivity index (χ3v) is 4.34. The van der Waals surface area contributed by atoms with Crippen molar-refractivity contribution in [1.29, 1.82) is 0 Å². The van der Waals surface area contributed by atoms with Gasteiger partial charge in [-0.05, 0) is 37.5 Å². The summed E-state index contributed by atoms with van der Waals surface area (Å²) in [6.07, 6.45) is 5.42. The molecule has 2 rings (SSSR count). The summed E-state index contributed by atoms with van der Waals surface area (Å²) in [7, 11) is 0. The maximum Gasteiger partial charge on any atom is 0.0180 e. The van der Waals surface area contributed by atoms with Gasteiger partial charge in [0.1, 0.15) is 0 Å². The Morgan fingerprint density at radius 2 is 1.86 bits per heavy atom. The molecule has 0 spiro atoms. The summed E-state index contributed by atoms with van der Waals surface area (Å²) in [5.41, 5.74) is 5.95. The first-order chi connectivity index (χ1) is 6.66. The van der Waals surface area contributed by atoms with Crippen LogP contribution in [0, 0.1) is 11.8 Å². The molecule has 82 valence electrons. The number of nitrogens with two attached hydrogens (primary N) is 1. The molecule has 0 aromatic rings. The molecule has 4 atom stereocenters. The second-order valence-corrected chi connectivity index (χ2v) is 5.47. The van der Waals surface area contributed by atoms with E-state index >= 15 is 0 Å². The molecule has 1 heterocycles. The monoisotopic (exact) mass is 196 g/mol. The second-order valence-electron chi connectivity index (χ2n) is 5.47. The lowest BCUT2D eigenvalue weighted by Gasteiger charge is -2.37. The van der Waals surface area contributed by atoms with Crippen LogP contribution in [0.1, 0.15) is 39.5 Å². The van der Waals surface area contributed by atoms with Crippen molar-refractivity contribution in [1.82, 2.24) is 4.90 Å². The molecule has 0 radical (unpaired) electrons. The van der Waals surface area contributed by atoms with E-state index in [1.165, 1.54) is 32.2 Å². The average molecular weight is 196 g/mol. The van der Waals surface area contributed by atoms with Gasteiger partial charge in [-0.2, -0.15) is 0 Å². The predicted molar refractivity (Wildman–Crippen MR) is 60.1 cm³/mol. The Kier molecular flexibility index (Phi) is 3.13. The standard InChI is InChI=1S/C12H24N2/c1-9-3-4-12(7-10(9)2)14-6-5-11(13)8-14/h9-12H,3-8,13H2,1-2H3/t9?,10?,11-,12?/m0/s1. The second kappa shape index (κ2) is 4.19. The molecular weight excluding hydrogens is 172 g/mol. The van der Waals surface area contributed by atoms with E-state index in [2.05, 4.69) is 18.7 Å². The fraction of sp³-hybridized carbons (Fsp3) is 1.00. The van der Waals surface area contributed by atoms with Gasteiger partial charge in [0.25, 0.3) is 0 Å². The van der Waals surface area contributed by atoms with Crippen LogP contribution in [0.15, 0.2) is 0 Å². The van der Waals surface area contributed by atoms with Gasteiger partial charge in [-0.1, -0.05) is 13.8 Å². The van der Waals surface area contributed by atoms with Crippen molar-refractivity contribution in [3.63, 3.8) is 0 Å². The van der Waals surface area contributed by atoms with Gasteiger partial charge in [0.15, 0.2) is 0 Å². The van der Waals surface area contributed by atoms with Crippen molar-refractivity contribution < 1.29 is 0 Å². The van der Waals surface area contributed by atoms with Crippen molar-refractivity contribution in [2.24, 2.45) is 17.6 Å². The number of hydrogen-bond acceptors (Lipinski definition) is 2. The van der Waals surface area contributed by atoms with Crippen LogP contribution in [0.4, 0.5) is 0 Å². The molecule has 2 aliphatic rings. The number of rotatable bonds is 1. The van der Waals surface area contributed by atoms with Gasteiger partial charge < -0.3 is 5.73 Å². The fourth-order valence-corrected chi connectivity index (χ4v) is 3.00. The first kappa shape index (κ1) is 10.4. The van der Waals surface area contributed by atoms with E-state index in [-0.39, 0.29) is 0 Å². The number of likely N-dealkylation sites (tertiary alicyclic amines) is 1. The van der Waals surface area contributed by atoms with E-state index in [0.717, 1.165) is 24.4 Å². The lowest BCUT2D eigenvalue weighted by Crippen LogP contribution is -2.40. The van der Waals surface area contributed by atoms with E-state index in [4.69, 9.17) is 5.73 Å². The predicted octanol–water partition coefficient (Wildman–Crippen LogP) is 1.84. The Bertz CT molecular complexity index is 193. The molecule has 2 N–H and O–H groups in total. The molecule has 1 saturated carbocycles. The quantitative estimate of drug-likeness (QED) is 0.693. The average Bonchev–Trinajstić information content (AvgIpc) is 2.57. The Morgan fingerprint density at radius 3 is 2.43 bits per heavy atom. The summed E-state index contributed by atoms with van der Waals surface area (Å²) in [5.74, 6) is 1.84. The highest BCUT2D eigenvalue weighted by atomic mass is 15.2. The molecule has 1 aliphatic heterocycles. The van der Waals surface area contributed by atoms with Gasteiger partial charge in [-0.15, -0.1) is 0 Å². The molecule has 14 heavy (non-hydrogen) atoms. The van der Waals surface area contributed by atoms with Crippen molar-refractivity contribution in [2.75, 3.05) is 13.1 Å². The van der Waals surface area contributed by atoms with Crippen LogP contribution in [-0.2, 0) is 0 Å². The van der Waals surface area contributed by atoms with Crippen LogP contribution in [0.2, 0.25) is 0 Å². The van der Waals surface area contributed by atoms with E-state index < -0.39 is 0 Å². The molecule has 2 fully saturated rings. The van der Waals surface area contributed by atoms with E-state index in [9.17, 15) is 0 Å². The molecule has 2 heteroatoms. The molecule has 1 aliphatic carbocycles. The molecule has 3 unspecified atom stereocenters. The Morgan fingerprint density at radius 1 is 1.07 bits per heavy atom. The fourth-order valence-electron chi connectivity index (χ4n) is 3.00. The Balaban J connectivity index is 1.87. The largest absolute Gasteiger partial charge is 0.326 e. The first-order valence-electron chi connectivity index (χ1n) is 6.16. The van der Waals surface area contributed by atoms with E-state index in [0.29, 0.717) is 6.04 Å². The summed E-state index contributed by atoms with van der Waals surface area (Å²) in [6.45, 7) is 7.20.